The van der Waals surface area contributed by atoms with Crippen molar-refractivity contribution in [1.82, 2.24) is 5.01 Å². The fourth-order valence-electron chi connectivity index (χ4n) is 2.64. The first-order valence-corrected chi connectivity index (χ1v) is 6.22. The van der Waals surface area contributed by atoms with E-state index in [0.29, 0.717) is 0 Å². The van der Waals surface area contributed by atoms with Gasteiger partial charge in [0.15, 0.2) is 0 Å². The van der Waals surface area contributed by atoms with Crippen molar-refractivity contribution in [2.24, 2.45) is 5.10 Å². The molecule has 0 radical (unpaired) electrons. The van der Waals surface area contributed by atoms with E-state index in [0.717, 1.165) is 11.1 Å². The summed E-state index contributed by atoms with van der Waals surface area (Å²) in [6, 6.07) is 10.7. The van der Waals surface area contributed by atoms with E-state index in [-0.39, 0.29) is 5.57 Å². The van der Waals surface area contributed by atoms with E-state index < -0.39 is 17.6 Å². The highest BCUT2D eigenvalue weighted by Crippen LogP contribution is 2.45. The summed E-state index contributed by atoms with van der Waals surface area (Å²) in [5.74, 6) is -0.565. The molecule has 0 saturated carbocycles. The van der Waals surface area contributed by atoms with E-state index in [1.807, 2.05) is 36.4 Å². The van der Waals surface area contributed by atoms with E-state index in [1.165, 1.54) is 18.2 Å². The number of hydrogen-bond donors (Lipinski definition) is 0. The third-order valence-electron chi connectivity index (χ3n) is 3.64. The molecule has 1 atom stereocenters. The molecule has 0 amide bonds. The zero-order valence-electron chi connectivity index (χ0n) is 11.1. The van der Waals surface area contributed by atoms with Crippen LogP contribution in [0.25, 0.3) is 0 Å². The lowest BCUT2D eigenvalue weighted by molar-refractivity contribution is -0.136. The summed E-state index contributed by atoms with van der Waals surface area (Å²) in [5.41, 5.74) is 0.319. The Kier molecular flexibility index (Phi) is 2.74. The zero-order chi connectivity index (χ0) is 15.0. The molecule has 0 N–H and O–H groups in total. The summed E-state index contributed by atoms with van der Waals surface area (Å²) in [7, 11) is 1.27. The molecule has 6 nitrogen and oxygen atoms in total. The minimum Gasteiger partial charge on any atom is -0.466 e. The number of ether oxygens (including phenoxy) is 1. The van der Waals surface area contributed by atoms with Gasteiger partial charge >= 0.3 is 5.97 Å². The summed E-state index contributed by atoms with van der Waals surface area (Å²) < 4.78 is 4.78. The Balaban J connectivity index is 2.23. The standard InChI is InChI=1S/C15H10N4O2/c1-21-14(20)12-6-15(8-16,9-17)19-13(12)11-5-3-2-4-10(11)7-18-19/h2-7,13H,1H3/t13-/m0/s1. The molecule has 1 aromatic rings. The average Bonchev–Trinajstić information content (AvgIpc) is 2.89. The Hall–Kier alpha value is -3.12. The summed E-state index contributed by atoms with van der Waals surface area (Å²) in [5, 5.41) is 24.3. The number of rotatable bonds is 1. The number of nitriles is 2. The number of fused-ring (bicyclic) bond motifs is 3. The summed E-state index contributed by atoms with van der Waals surface area (Å²) in [6.07, 6.45) is 2.92. The van der Waals surface area contributed by atoms with E-state index in [9.17, 15) is 15.3 Å². The van der Waals surface area contributed by atoms with Gasteiger partial charge < -0.3 is 4.74 Å². The molecule has 0 fully saturated rings. The van der Waals surface area contributed by atoms with Crippen molar-refractivity contribution in [3.8, 4) is 12.1 Å². The Morgan fingerprint density at radius 2 is 2.10 bits per heavy atom. The molecule has 0 spiro atoms. The summed E-state index contributed by atoms with van der Waals surface area (Å²) >= 11 is 0. The van der Waals surface area contributed by atoms with Gasteiger partial charge in [-0.1, -0.05) is 24.3 Å². The number of nitrogens with zero attached hydrogens (tertiary/aromatic N) is 4. The molecule has 1 aromatic carbocycles. The second-order valence-electron chi connectivity index (χ2n) is 4.70. The molecular formula is C15H10N4O2. The number of methoxy groups -OCH3 is 1. The molecule has 0 aromatic heterocycles. The molecule has 3 rings (SSSR count). The number of hydrogen-bond acceptors (Lipinski definition) is 6. The molecule has 0 unspecified atom stereocenters. The molecule has 0 aliphatic carbocycles. The quantitative estimate of drug-likeness (QED) is 0.722. The smallest absolute Gasteiger partial charge is 0.336 e. The second-order valence-corrected chi connectivity index (χ2v) is 4.70. The van der Waals surface area contributed by atoms with Crippen molar-refractivity contribution in [1.29, 1.82) is 10.5 Å². The number of esters is 1. The SMILES string of the molecule is COC(=O)C1=CC(C#N)(C#N)N2N=Cc3ccccc3[C@@H]12. The van der Waals surface area contributed by atoms with Gasteiger partial charge in [-0.2, -0.15) is 15.6 Å². The van der Waals surface area contributed by atoms with Gasteiger partial charge in [0, 0.05) is 5.56 Å². The molecule has 6 heteroatoms. The van der Waals surface area contributed by atoms with Gasteiger partial charge in [-0.05, 0) is 11.6 Å². The number of carbonyl (C=O) groups is 1. The Bertz CT molecular complexity index is 753. The maximum absolute atomic E-state index is 12.0. The minimum absolute atomic E-state index is 0.255. The molecule has 102 valence electrons. The van der Waals surface area contributed by atoms with Gasteiger partial charge in [0.2, 0.25) is 5.54 Å². The van der Waals surface area contributed by atoms with Gasteiger partial charge in [0.05, 0.1) is 18.9 Å². The van der Waals surface area contributed by atoms with Crippen LogP contribution in [0.15, 0.2) is 41.0 Å². The Morgan fingerprint density at radius 1 is 1.38 bits per heavy atom. The van der Waals surface area contributed by atoms with Crippen molar-refractivity contribution in [2.75, 3.05) is 7.11 Å². The van der Waals surface area contributed by atoms with Crippen LogP contribution in [-0.4, -0.2) is 29.8 Å². The highest BCUT2D eigenvalue weighted by atomic mass is 16.5. The minimum atomic E-state index is -1.60. The van der Waals surface area contributed by atoms with E-state index in [4.69, 9.17) is 4.74 Å². The third-order valence-corrected chi connectivity index (χ3v) is 3.64. The first kappa shape index (κ1) is 12.9. The lowest BCUT2D eigenvalue weighted by Gasteiger charge is -2.33. The third kappa shape index (κ3) is 1.63. The fourth-order valence-corrected chi connectivity index (χ4v) is 2.64. The van der Waals surface area contributed by atoms with Crippen molar-refractivity contribution < 1.29 is 9.53 Å². The highest BCUT2D eigenvalue weighted by molar-refractivity contribution is 5.94. The lowest BCUT2D eigenvalue weighted by atomic mass is 9.95. The Labute approximate surface area is 121 Å². The molecule has 21 heavy (non-hydrogen) atoms. The summed E-state index contributed by atoms with van der Waals surface area (Å²) in [6.45, 7) is 0. The van der Waals surface area contributed by atoms with Gasteiger partial charge in [0.25, 0.3) is 0 Å². The molecule has 2 aliphatic heterocycles. The van der Waals surface area contributed by atoms with Crippen LogP contribution in [0.3, 0.4) is 0 Å². The van der Waals surface area contributed by atoms with E-state index in [1.54, 1.807) is 6.21 Å². The van der Waals surface area contributed by atoms with Crippen LogP contribution < -0.4 is 0 Å². The number of carbonyl (C=O) groups excluding carboxylic acids is 1. The molecule has 2 aliphatic rings. The van der Waals surface area contributed by atoms with Gasteiger partial charge in [-0.15, -0.1) is 0 Å². The van der Waals surface area contributed by atoms with Crippen molar-refractivity contribution in [2.45, 2.75) is 11.6 Å². The van der Waals surface area contributed by atoms with Crippen molar-refractivity contribution >= 4 is 12.2 Å². The number of hydrazone groups is 1. The van der Waals surface area contributed by atoms with Crippen LogP contribution >= 0.6 is 0 Å². The maximum Gasteiger partial charge on any atom is 0.336 e. The van der Waals surface area contributed by atoms with Crippen LogP contribution in [-0.2, 0) is 9.53 Å². The Morgan fingerprint density at radius 3 is 2.76 bits per heavy atom. The van der Waals surface area contributed by atoms with Crippen LogP contribution in [0.1, 0.15) is 17.2 Å². The van der Waals surface area contributed by atoms with Gasteiger partial charge in [-0.25, -0.2) is 9.80 Å². The molecular weight excluding hydrogens is 268 g/mol. The molecule has 2 heterocycles. The normalized spacial score (nSPS) is 20.6. The fraction of sp³-hybridized carbons (Fsp3) is 0.200. The summed E-state index contributed by atoms with van der Waals surface area (Å²) in [4.78, 5) is 12.0. The largest absolute Gasteiger partial charge is 0.466 e. The molecule has 0 bridgehead atoms. The van der Waals surface area contributed by atoms with E-state index in [2.05, 4.69) is 5.10 Å². The second kappa shape index (κ2) is 4.46. The van der Waals surface area contributed by atoms with Gasteiger partial charge in [-0.3, -0.25) is 0 Å². The first-order chi connectivity index (χ1) is 10.2. The van der Waals surface area contributed by atoms with Crippen LogP contribution in [0.5, 0.6) is 0 Å². The van der Waals surface area contributed by atoms with Crippen LogP contribution in [0.2, 0.25) is 0 Å². The zero-order valence-corrected chi connectivity index (χ0v) is 11.1. The van der Waals surface area contributed by atoms with Crippen LogP contribution in [0.4, 0.5) is 0 Å². The predicted octanol–water partition coefficient (Wildman–Crippen LogP) is 1.28. The monoisotopic (exact) mass is 278 g/mol. The number of benzene rings is 1. The van der Waals surface area contributed by atoms with E-state index >= 15 is 0 Å². The van der Waals surface area contributed by atoms with Crippen molar-refractivity contribution in [3.05, 3.63) is 47.0 Å². The average molecular weight is 278 g/mol. The maximum atomic E-state index is 12.0. The van der Waals surface area contributed by atoms with Crippen molar-refractivity contribution in [3.63, 3.8) is 0 Å². The topological polar surface area (TPSA) is 89.5 Å². The predicted molar refractivity (Wildman–Crippen MR) is 72.7 cm³/mol. The highest BCUT2D eigenvalue weighted by Gasteiger charge is 2.51. The van der Waals surface area contributed by atoms with Gasteiger partial charge in [0.1, 0.15) is 18.2 Å². The van der Waals surface area contributed by atoms with Crippen LogP contribution in [0, 0.1) is 22.7 Å². The lowest BCUT2D eigenvalue weighted by Crippen LogP contribution is -2.41. The molecule has 0 saturated heterocycles. The first-order valence-electron chi connectivity index (χ1n) is 6.22.